The van der Waals surface area contributed by atoms with Gasteiger partial charge in [0.05, 0.1) is 0 Å². The standard InChI is InChI=1S/C10H8.2C6H6.2C4H10.6C2H6.CH4/c1-2-6-10-8-4-3-7-9(10)5-1;2*1-2-4-6-5-3-1;2*1-3-4-2;6*1-2;/h1-8H;2*1-6H;2*3-4H2,1-2H3;6*1-2H3;1H4. The summed E-state index contributed by atoms with van der Waals surface area (Å²) in [7, 11) is 0. The van der Waals surface area contributed by atoms with Crippen molar-refractivity contribution in [3.8, 4) is 0 Å². The Morgan fingerprint density at radius 2 is 0.372 bits per heavy atom. The summed E-state index contributed by atoms with van der Waals surface area (Å²) in [6.07, 6.45) is 5.28. The molecule has 4 aromatic rings. The van der Waals surface area contributed by atoms with Crippen LogP contribution in [0.2, 0.25) is 0 Å². The molecule has 0 unspecified atom stereocenters. The van der Waals surface area contributed by atoms with E-state index in [2.05, 4.69) is 76.2 Å². The van der Waals surface area contributed by atoms with E-state index in [-0.39, 0.29) is 7.43 Å². The maximum atomic E-state index is 2.18. The van der Waals surface area contributed by atoms with Gasteiger partial charge in [-0.3, -0.25) is 0 Å². The van der Waals surface area contributed by atoms with Gasteiger partial charge in [0.15, 0.2) is 0 Å². The third-order valence-electron chi connectivity index (χ3n) is 3.99. The molecule has 0 bridgehead atoms. The molecule has 0 aliphatic heterocycles. The van der Waals surface area contributed by atoms with Gasteiger partial charge < -0.3 is 0 Å². The van der Waals surface area contributed by atoms with Gasteiger partial charge in [0.1, 0.15) is 0 Å². The van der Waals surface area contributed by atoms with Gasteiger partial charge in [0, 0.05) is 0 Å². The molecule has 0 saturated heterocycles. The topological polar surface area (TPSA) is 0 Å². The number of hydrogen-bond acceptors (Lipinski definition) is 0. The Kier molecular flexibility index (Phi) is 107. The molecule has 0 radical (unpaired) electrons. The lowest BCUT2D eigenvalue weighted by Gasteiger charge is -1.92. The third-order valence-corrected chi connectivity index (χ3v) is 3.99. The molecule has 43 heavy (non-hydrogen) atoms. The van der Waals surface area contributed by atoms with Gasteiger partial charge in [-0.2, -0.15) is 0 Å². The number of benzene rings is 4. The molecule has 0 atom stereocenters. The predicted molar refractivity (Wildman–Crippen MR) is 213 cm³/mol. The van der Waals surface area contributed by atoms with E-state index >= 15 is 0 Å². The van der Waals surface area contributed by atoms with Gasteiger partial charge in [-0.25, -0.2) is 0 Å². The number of fused-ring (bicyclic) bond motifs is 1. The second-order valence-electron chi connectivity index (χ2n) is 6.66. The molecule has 4 rings (SSSR count). The smallest absolute Gasteiger partial charge is 0.0184 e. The van der Waals surface area contributed by atoms with Crippen molar-refractivity contribution in [3.05, 3.63) is 121 Å². The van der Waals surface area contributed by atoms with Gasteiger partial charge in [-0.05, 0) is 10.8 Å². The molecule has 0 saturated carbocycles. The largest absolute Gasteiger partial charge is 0.0776 e. The van der Waals surface area contributed by atoms with Crippen molar-refractivity contribution < 1.29 is 0 Å². The molecule has 0 nitrogen and oxygen atoms in total. The number of unbranched alkanes of at least 4 members (excludes halogenated alkanes) is 2. The maximum Gasteiger partial charge on any atom is -0.0184 e. The van der Waals surface area contributed by atoms with Crippen LogP contribution in [0.15, 0.2) is 121 Å². The summed E-state index contributed by atoms with van der Waals surface area (Å²) in [6, 6.07) is 40.7. The molecule has 0 spiro atoms. The molecule has 0 fully saturated rings. The lowest BCUT2D eigenvalue weighted by atomic mass is 10.1. The molecule has 0 aromatic heterocycles. The molecule has 0 aliphatic rings. The van der Waals surface area contributed by atoms with Gasteiger partial charge in [-0.15, -0.1) is 0 Å². The molecule has 4 aromatic carbocycles. The van der Waals surface area contributed by atoms with Crippen LogP contribution in [-0.4, -0.2) is 0 Å². The van der Waals surface area contributed by atoms with Crippen molar-refractivity contribution in [1.82, 2.24) is 0 Å². The van der Waals surface area contributed by atoms with Crippen molar-refractivity contribution in [2.45, 2.75) is 144 Å². The quantitative estimate of drug-likeness (QED) is 0.216. The first-order valence-electron chi connectivity index (χ1n) is 17.2. The van der Waals surface area contributed by atoms with Crippen molar-refractivity contribution in [1.29, 1.82) is 0 Å². The zero-order chi connectivity index (χ0) is 34.1. The van der Waals surface area contributed by atoms with Crippen molar-refractivity contribution in [2.75, 3.05) is 0 Å². The summed E-state index contributed by atoms with van der Waals surface area (Å²) in [6.45, 7) is 32.7. The highest BCUT2D eigenvalue weighted by Crippen LogP contribution is 2.11. The van der Waals surface area contributed by atoms with Gasteiger partial charge >= 0.3 is 0 Å². The second-order valence-corrected chi connectivity index (χ2v) is 6.66. The average Bonchev–Trinajstić information content (AvgIpc) is 3.15. The monoisotopic (exact) mass is 597 g/mol. The lowest BCUT2D eigenvalue weighted by molar-refractivity contribution is 0.886. The molecule has 0 N–H and O–H groups in total. The summed E-state index contributed by atoms with van der Waals surface area (Å²) in [5.74, 6) is 0. The Bertz CT molecular complexity index is 633. The zero-order valence-electron chi connectivity index (χ0n) is 31.4. The fourth-order valence-electron chi connectivity index (χ4n) is 1.90. The van der Waals surface area contributed by atoms with Crippen molar-refractivity contribution >= 4 is 10.8 Å². The minimum atomic E-state index is 0. The molecule has 0 heterocycles. The number of hydrogen-bond donors (Lipinski definition) is 0. The van der Waals surface area contributed by atoms with Crippen LogP contribution >= 0.6 is 0 Å². The van der Waals surface area contributed by atoms with E-state index in [0.29, 0.717) is 0 Å². The second kappa shape index (κ2) is 77.3. The van der Waals surface area contributed by atoms with E-state index < -0.39 is 0 Å². The van der Waals surface area contributed by atoms with Gasteiger partial charge in [0.2, 0.25) is 0 Å². The van der Waals surface area contributed by atoms with E-state index in [4.69, 9.17) is 0 Å². The normalized spacial score (nSPS) is 6.79. The van der Waals surface area contributed by atoms with E-state index in [9.17, 15) is 0 Å². The molecule has 0 heteroatoms. The first-order chi connectivity index (χ1) is 20.8. The highest BCUT2D eigenvalue weighted by atomic mass is 13.9. The van der Waals surface area contributed by atoms with Gasteiger partial charge in [0.25, 0.3) is 0 Å². The highest BCUT2D eigenvalue weighted by Gasteiger charge is 1.85. The van der Waals surface area contributed by atoms with E-state index in [1.807, 2.05) is 156 Å². The number of rotatable bonds is 2. The minimum absolute atomic E-state index is 0. The molecule has 0 aliphatic carbocycles. The van der Waals surface area contributed by atoms with Crippen LogP contribution in [0, 0.1) is 0 Å². The lowest BCUT2D eigenvalue weighted by Crippen LogP contribution is -1.67. The van der Waals surface area contributed by atoms with Crippen molar-refractivity contribution in [3.63, 3.8) is 0 Å². The minimum Gasteiger partial charge on any atom is -0.0776 e. The average molecular weight is 597 g/mol. The molecular weight excluding hydrogens is 516 g/mol. The summed E-state index contributed by atoms with van der Waals surface area (Å²) in [5, 5.41) is 2.62. The fraction of sp³-hybridized carbons (Fsp3) is 0.488. The summed E-state index contributed by atoms with van der Waals surface area (Å²) in [5.41, 5.74) is 0. The Morgan fingerprint density at radius 3 is 0.465 bits per heavy atom. The molecule has 252 valence electrons. The molecular formula is C43H80. The maximum absolute atomic E-state index is 2.18. The summed E-state index contributed by atoms with van der Waals surface area (Å²) < 4.78 is 0. The predicted octanol–water partition coefficient (Wildman–Crippen LogP) is 16.6. The zero-order valence-corrected chi connectivity index (χ0v) is 31.4. The fourth-order valence-corrected chi connectivity index (χ4v) is 1.90. The Hall–Kier alpha value is -2.86. The molecule has 0 amide bonds. The summed E-state index contributed by atoms with van der Waals surface area (Å²) in [4.78, 5) is 0. The van der Waals surface area contributed by atoms with Crippen LogP contribution in [0.5, 0.6) is 0 Å². The Morgan fingerprint density at radius 1 is 0.256 bits per heavy atom. The first kappa shape index (κ1) is 59.5. The van der Waals surface area contributed by atoms with Crippen LogP contribution in [0.3, 0.4) is 0 Å². The van der Waals surface area contributed by atoms with Crippen molar-refractivity contribution in [2.24, 2.45) is 0 Å². The SMILES string of the molecule is C.CC.CC.CC.CC.CC.CC.CCCC.CCCC.c1ccc2ccccc2c1.c1ccccc1.c1ccccc1. The van der Waals surface area contributed by atoms with Crippen LogP contribution in [0.1, 0.15) is 144 Å². The van der Waals surface area contributed by atoms with Crippen LogP contribution in [0.4, 0.5) is 0 Å². The van der Waals surface area contributed by atoms with Crippen LogP contribution in [0.25, 0.3) is 10.8 Å². The Balaban J connectivity index is -0.0000000559. The van der Waals surface area contributed by atoms with Crippen LogP contribution < -0.4 is 0 Å². The highest BCUT2D eigenvalue weighted by molar-refractivity contribution is 5.82. The third kappa shape index (κ3) is 63.6. The van der Waals surface area contributed by atoms with Gasteiger partial charge in [-0.1, -0.05) is 265 Å². The Labute approximate surface area is 275 Å². The van der Waals surface area contributed by atoms with E-state index in [1.54, 1.807) is 0 Å². The first-order valence-corrected chi connectivity index (χ1v) is 17.2. The van der Waals surface area contributed by atoms with E-state index in [0.717, 1.165) is 0 Å². The van der Waals surface area contributed by atoms with E-state index in [1.165, 1.54) is 36.5 Å². The van der Waals surface area contributed by atoms with Crippen LogP contribution in [-0.2, 0) is 0 Å². The summed E-state index contributed by atoms with van der Waals surface area (Å²) >= 11 is 0.